The summed E-state index contributed by atoms with van der Waals surface area (Å²) in [6.07, 6.45) is 4.03. The number of para-hydroxylation sites is 1. The molecular formula is C31H34ClN3OS. The van der Waals surface area contributed by atoms with Gasteiger partial charge in [0.25, 0.3) is 0 Å². The van der Waals surface area contributed by atoms with Crippen molar-refractivity contribution in [2.24, 2.45) is 5.41 Å². The Hall–Kier alpha value is -2.73. The first-order valence-electron chi connectivity index (χ1n) is 13.2. The third-order valence-electron chi connectivity index (χ3n) is 8.22. The van der Waals surface area contributed by atoms with Crippen LogP contribution in [0.4, 0.5) is 0 Å². The van der Waals surface area contributed by atoms with Gasteiger partial charge < -0.3 is 9.80 Å². The van der Waals surface area contributed by atoms with E-state index in [1.165, 1.54) is 15.8 Å². The largest absolute Gasteiger partial charge is 0.335 e. The molecule has 2 aliphatic heterocycles. The first-order valence-corrected chi connectivity index (χ1v) is 14.0. The van der Waals surface area contributed by atoms with Gasteiger partial charge in [0.05, 0.1) is 22.2 Å². The molecule has 0 atom stereocenters. The minimum atomic E-state index is -0.161. The maximum atomic E-state index is 13.5. The average Bonchev–Trinajstić information content (AvgIpc) is 3.47. The number of carbonyl (C=O) groups excluding carboxylic acids is 1. The molecule has 1 aromatic heterocycles. The summed E-state index contributed by atoms with van der Waals surface area (Å²) in [7, 11) is 0. The SMILES string of the molecule is Cl.O=C1N(Cc2nc3ccccc3s2)CCC12CCN(CCC(c1ccccc1)c1ccccc1)CC2. The summed E-state index contributed by atoms with van der Waals surface area (Å²) in [5, 5.41) is 1.05. The Morgan fingerprint density at radius 3 is 2.05 bits per heavy atom. The second kappa shape index (κ2) is 11.3. The van der Waals surface area contributed by atoms with Crippen molar-refractivity contribution >= 4 is 39.9 Å². The molecule has 3 aromatic carbocycles. The van der Waals surface area contributed by atoms with Crippen LogP contribution in [0, 0.1) is 5.41 Å². The van der Waals surface area contributed by atoms with E-state index >= 15 is 0 Å². The van der Waals surface area contributed by atoms with Crippen molar-refractivity contribution in [2.45, 2.75) is 38.1 Å². The van der Waals surface area contributed by atoms with Gasteiger partial charge in [0.15, 0.2) is 0 Å². The number of benzene rings is 3. The first kappa shape index (κ1) is 25.9. The average molecular weight is 532 g/mol. The van der Waals surface area contributed by atoms with Gasteiger partial charge >= 0.3 is 0 Å². The van der Waals surface area contributed by atoms with E-state index in [1.807, 2.05) is 6.07 Å². The number of fused-ring (bicyclic) bond motifs is 1. The van der Waals surface area contributed by atoms with Crippen molar-refractivity contribution in [3.8, 4) is 0 Å². The van der Waals surface area contributed by atoms with Crippen LogP contribution in [0.1, 0.15) is 47.7 Å². The summed E-state index contributed by atoms with van der Waals surface area (Å²) in [6.45, 7) is 4.60. The monoisotopic (exact) mass is 531 g/mol. The minimum Gasteiger partial charge on any atom is -0.335 e. The highest BCUT2D eigenvalue weighted by Gasteiger charge is 2.48. The number of thiazole rings is 1. The zero-order valence-electron chi connectivity index (χ0n) is 21.1. The molecule has 192 valence electrons. The molecule has 4 nitrogen and oxygen atoms in total. The van der Waals surface area contributed by atoms with Gasteiger partial charge in [0, 0.05) is 12.5 Å². The topological polar surface area (TPSA) is 36.4 Å². The molecule has 1 amide bonds. The van der Waals surface area contributed by atoms with Crippen LogP contribution in [0.3, 0.4) is 0 Å². The minimum absolute atomic E-state index is 0. The number of piperidine rings is 1. The van der Waals surface area contributed by atoms with Crippen LogP contribution in [0.15, 0.2) is 84.9 Å². The quantitative estimate of drug-likeness (QED) is 0.264. The summed E-state index contributed by atoms with van der Waals surface area (Å²) in [4.78, 5) is 22.9. The zero-order chi connectivity index (χ0) is 24.4. The van der Waals surface area contributed by atoms with Crippen LogP contribution in [0.5, 0.6) is 0 Å². The summed E-state index contributed by atoms with van der Waals surface area (Å²) in [5.74, 6) is 0.758. The number of halogens is 1. The van der Waals surface area contributed by atoms with Crippen LogP contribution in [0.25, 0.3) is 10.2 Å². The Bertz CT molecular complexity index is 1250. The summed E-state index contributed by atoms with van der Waals surface area (Å²) >= 11 is 1.71. The number of carbonyl (C=O) groups is 1. The zero-order valence-corrected chi connectivity index (χ0v) is 22.7. The smallest absolute Gasteiger partial charge is 0.229 e. The lowest BCUT2D eigenvalue weighted by atomic mass is 9.77. The van der Waals surface area contributed by atoms with E-state index < -0.39 is 0 Å². The first-order chi connectivity index (χ1) is 17.7. The predicted octanol–water partition coefficient (Wildman–Crippen LogP) is 6.75. The number of rotatable bonds is 7. The number of nitrogens with zero attached hydrogens (tertiary/aromatic N) is 3. The molecule has 0 bridgehead atoms. The number of amides is 1. The van der Waals surface area contributed by atoms with Gasteiger partial charge in [-0.1, -0.05) is 72.8 Å². The van der Waals surface area contributed by atoms with E-state index in [4.69, 9.17) is 4.98 Å². The lowest BCUT2D eigenvalue weighted by molar-refractivity contribution is -0.138. The van der Waals surface area contributed by atoms with Crippen LogP contribution >= 0.6 is 23.7 Å². The molecule has 6 rings (SSSR count). The van der Waals surface area contributed by atoms with Crippen molar-refractivity contribution in [2.75, 3.05) is 26.2 Å². The molecule has 4 aromatic rings. The molecule has 0 saturated carbocycles. The second-order valence-corrected chi connectivity index (χ2v) is 11.5. The molecule has 0 aliphatic carbocycles. The molecule has 0 unspecified atom stereocenters. The van der Waals surface area contributed by atoms with E-state index in [0.717, 1.165) is 62.4 Å². The fourth-order valence-corrected chi connectivity index (χ4v) is 7.05. The van der Waals surface area contributed by atoms with Gasteiger partial charge in [-0.3, -0.25) is 4.79 Å². The van der Waals surface area contributed by atoms with E-state index in [1.54, 1.807) is 11.3 Å². The predicted molar refractivity (Wildman–Crippen MR) is 154 cm³/mol. The Kier molecular flexibility index (Phi) is 7.94. The van der Waals surface area contributed by atoms with E-state index in [9.17, 15) is 4.79 Å². The van der Waals surface area contributed by atoms with Crippen LogP contribution < -0.4 is 0 Å². The molecule has 2 fully saturated rings. The standard InChI is InChI=1S/C31H33N3OS.ClH/c35-30-31(18-22-34(30)23-29-32-27-13-7-8-14-28(27)36-29)16-20-33(21-17-31)19-15-26(24-9-3-1-4-10-24)25-11-5-2-6-12-25;/h1-14,26H,15-23H2;1H. The van der Waals surface area contributed by atoms with E-state index in [2.05, 4.69) is 88.7 Å². The lowest BCUT2D eigenvalue weighted by Gasteiger charge is -2.38. The van der Waals surface area contributed by atoms with Crippen molar-refractivity contribution in [3.05, 3.63) is 101 Å². The molecule has 1 spiro atoms. The normalized spacial score (nSPS) is 17.5. The number of hydrogen-bond donors (Lipinski definition) is 0. The Balaban J connectivity index is 0.00000280. The lowest BCUT2D eigenvalue weighted by Crippen LogP contribution is -2.45. The number of aromatic nitrogens is 1. The maximum Gasteiger partial charge on any atom is 0.229 e. The van der Waals surface area contributed by atoms with E-state index in [0.29, 0.717) is 18.4 Å². The van der Waals surface area contributed by atoms with Gasteiger partial charge in [-0.05, 0) is 68.6 Å². The van der Waals surface area contributed by atoms with Gasteiger partial charge in [0.1, 0.15) is 5.01 Å². The molecule has 3 heterocycles. The third-order valence-corrected chi connectivity index (χ3v) is 9.24. The maximum absolute atomic E-state index is 13.5. The summed E-state index contributed by atoms with van der Waals surface area (Å²) < 4.78 is 1.20. The number of likely N-dealkylation sites (tertiary alicyclic amines) is 2. The molecule has 0 N–H and O–H groups in total. The van der Waals surface area contributed by atoms with E-state index in [-0.39, 0.29) is 17.8 Å². The van der Waals surface area contributed by atoms with Gasteiger partial charge in [-0.15, -0.1) is 23.7 Å². The Morgan fingerprint density at radius 1 is 0.811 bits per heavy atom. The Morgan fingerprint density at radius 2 is 1.41 bits per heavy atom. The highest BCUT2D eigenvalue weighted by molar-refractivity contribution is 7.18. The fraction of sp³-hybridized carbons (Fsp3) is 0.355. The van der Waals surface area contributed by atoms with Crippen LogP contribution in [-0.2, 0) is 11.3 Å². The molecule has 0 radical (unpaired) electrons. The van der Waals surface area contributed by atoms with Crippen molar-refractivity contribution in [3.63, 3.8) is 0 Å². The Labute approximate surface area is 229 Å². The number of hydrogen-bond acceptors (Lipinski definition) is 4. The summed E-state index contributed by atoms with van der Waals surface area (Å²) in [6, 6.07) is 30.0. The van der Waals surface area contributed by atoms with Crippen molar-refractivity contribution in [1.82, 2.24) is 14.8 Å². The fourth-order valence-electron chi connectivity index (χ4n) is 6.07. The molecule has 2 aliphatic rings. The second-order valence-electron chi connectivity index (χ2n) is 10.3. The molecule has 37 heavy (non-hydrogen) atoms. The van der Waals surface area contributed by atoms with Gasteiger partial charge in [-0.2, -0.15) is 0 Å². The van der Waals surface area contributed by atoms with Gasteiger partial charge in [0.2, 0.25) is 5.91 Å². The summed E-state index contributed by atoms with van der Waals surface area (Å²) in [5.41, 5.74) is 3.64. The molecule has 2 saturated heterocycles. The third kappa shape index (κ3) is 5.45. The highest BCUT2D eigenvalue weighted by Crippen LogP contribution is 2.42. The molecular weight excluding hydrogens is 498 g/mol. The van der Waals surface area contributed by atoms with Crippen molar-refractivity contribution < 1.29 is 4.79 Å². The van der Waals surface area contributed by atoms with Crippen LogP contribution in [-0.4, -0.2) is 46.9 Å². The van der Waals surface area contributed by atoms with Crippen LogP contribution in [0.2, 0.25) is 0 Å². The molecule has 6 heteroatoms. The van der Waals surface area contributed by atoms with Crippen molar-refractivity contribution in [1.29, 1.82) is 0 Å². The highest BCUT2D eigenvalue weighted by atomic mass is 35.5. The van der Waals surface area contributed by atoms with Gasteiger partial charge in [-0.25, -0.2) is 4.98 Å².